The molecule has 0 aliphatic carbocycles. The van der Waals surface area contributed by atoms with Gasteiger partial charge in [-0.1, -0.05) is 54.3 Å². The summed E-state index contributed by atoms with van der Waals surface area (Å²) in [5.41, 5.74) is 1.29. The Hall–Kier alpha value is -4.11. The number of hydrogen-bond acceptors (Lipinski definition) is 7. The van der Waals surface area contributed by atoms with E-state index in [1.165, 1.54) is 29.9 Å². The Kier molecular flexibility index (Phi) is 6.88. The molecule has 0 bridgehead atoms. The highest BCUT2D eigenvalue weighted by Gasteiger charge is 2.33. The quantitative estimate of drug-likeness (QED) is 0.390. The van der Waals surface area contributed by atoms with Gasteiger partial charge in [0, 0.05) is 5.56 Å². The fraction of sp³-hybridized carbons (Fsp3) is 0.154. The third-order valence-electron chi connectivity index (χ3n) is 5.41. The topological polar surface area (TPSA) is 87.0 Å². The number of hydrogen-bond donors (Lipinski definition) is 0. The number of ether oxygens (including phenoxy) is 2. The Morgan fingerprint density at radius 1 is 1.17 bits per heavy atom. The predicted octanol–water partition coefficient (Wildman–Crippen LogP) is 2.89. The van der Waals surface area contributed by atoms with Crippen molar-refractivity contribution in [3.8, 4) is 0 Å². The number of thiazole rings is 1. The lowest BCUT2D eigenvalue weighted by atomic mass is 9.95. The highest BCUT2D eigenvalue weighted by molar-refractivity contribution is 7.07. The Bertz CT molecular complexity index is 1530. The van der Waals surface area contributed by atoms with E-state index in [1.54, 1.807) is 49.4 Å². The lowest BCUT2D eigenvalue weighted by Gasteiger charge is -2.24. The number of fused-ring (bicyclic) bond motifs is 1. The molecule has 1 aromatic heterocycles. The van der Waals surface area contributed by atoms with Gasteiger partial charge in [0.25, 0.3) is 5.56 Å². The fourth-order valence-electron chi connectivity index (χ4n) is 3.76. The summed E-state index contributed by atoms with van der Waals surface area (Å²) in [4.78, 5) is 43.2. The maximum atomic E-state index is 14.2. The minimum atomic E-state index is -0.863. The summed E-state index contributed by atoms with van der Waals surface area (Å²) >= 11 is 1.10. The number of methoxy groups -OCH3 is 1. The van der Waals surface area contributed by atoms with Crippen LogP contribution in [0.25, 0.3) is 6.08 Å². The average molecular weight is 493 g/mol. The molecule has 1 aliphatic heterocycles. The van der Waals surface area contributed by atoms with Crippen molar-refractivity contribution in [1.82, 2.24) is 4.57 Å². The molecule has 35 heavy (non-hydrogen) atoms. The van der Waals surface area contributed by atoms with Gasteiger partial charge in [0.15, 0.2) is 4.80 Å². The van der Waals surface area contributed by atoms with Gasteiger partial charge in [-0.15, -0.1) is 0 Å². The van der Waals surface area contributed by atoms with Crippen LogP contribution >= 0.6 is 11.3 Å². The summed E-state index contributed by atoms with van der Waals surface area (Å²) in [7, 11) is 1.28. The van der Waals surface area contributed by atoms with Gasteiger partial charge in [-0.2, -0.15) is 0 Å². The summed E-state index contributed by atoms with van der Waals surface area (Å²) in [6, 6.07) is 11.7. The van der Waals surface area contributed by atoms with E-state index < -0.39 is 29.4 Å². The van der Waals surface area contributed by atoms with E-state index in [1.807, 2.05) is 0 Å². The first-order chi connectivity index (χ1) is 16.8. The standard InChI is InChI=1S/C26H21FN2O5S/c1-4-13-34-25(32)21-15(2)28-26-29(22(21)16-9-11-17(12-10-16)24(31)33-3)23(30)20(35-26)14-18-7-5-6-8-19(18)27/h4-12,14,22H,1,13H2,2-3H3. The average Bonchev–Trinajstić information content (AvgIpc) is 3.17. The van der Waals surface area contributed by atoms with E-state index in [-0.39, 0.29) is 22.3 Å². The summed E-state index contributed by atoms with van der Waals surface area (Å²) < 4.78 is 25.9. The first-order valence-corrected chi connectivity index (χ1v) is 11.4. The zero-order chi connectivity index (χ0) is 25.1. The van der Waals surface area contributed by atoms with E-state index in [0.29, 0.717) is 21.6 Å². The lowest BCUT2D eigenvalue weighted by molar-refractivity contribution is -0.138. The molecule has 0 N–H and O–H groups in total. The van der Waals surface area contributed by atoms with Crippen molar-refractivity contribution in [2.24, 2.45) is 4.99 Å². The molecule has 2 aromatic carbocycles. The highest BCUT2D eigenvalue weighted by Crippen LogP contribution is 2.31. The molecule has 7 nitrogen and oxygen atoms in total. The monoisotopic (exact) mass is 492 g/mol. The fourth-order valence-corrected chi connectivity index (χ4v) is 4.80. The summed E-state index contributed by atoms with van der Waals surface area (Å²) in [5.74, 6) is -1.61. The highest BCUT2D eigenvalue weighted by atomic mass is 32.1. The molecular formula is C26H21FN2O5S. The molecule has 1 unspecified atom stereocenters. The van der Waals surface area contributed by atoms with Gasteiger partial charge in [-0.25, -0.2) is 19.0 Å². The molecule has 0 saturated carbocycles. The van der Waals surface area contributed by atoms with Crippen LogP contribution in [0, 0.1) is 5.82 Å². The first kappa shape index (κ1) is 24.0. The zero-order valence-corrected chi connectivity index (χ0v) is 19.8. The smallest absolute Gasteiger partial charge is 0.338 e. The summed E-state index contributed by atoms with van der Waals surface area (Å²) in [6.45, 7) is 5.21. The van der Waals surface area contributed by atoms with E-state index in [4.69, 9.17) is 9.47 Å². The van der Waals surface area contributed by atoms with Gasteiger partial charge in [0.2, 0.25) is 0 Å². The van der Waals surface area contributed by atoms with Crippen LogP contribution in [-0.2, 0) is 14.3 Å². The molecule has 1 aliphatic rings. The van der Waals surface area contributed by atoms with Crippen LogP contribution in [-0.4, -0.2) is 30.2 Å². The maximum absolute atomic E-state index is 14.2. The number of carbonyl (C=O) groups is 2. The minimum absolute atomic E-state index is 0.0126. The van der Waals surface area contributed by atoms with Crippen molar-refractivity contribution in [2.75, 3.05) is 13.7 Å². The van der Waals surface area contributed by atoms with Crippen LogP contribution in [0.15, 0.2) is 82.2 Å². The number of aromatic nitrogens is 1. The van der Waals surface area contributed by atoms with Gasteiger partial charge < -0.3 is 9.47 Å². The molecule has 0 amide bonds. The van der Waals surface area contributed by atoms with Gasteiger partial charge >= 0.3 is 11.9 Å². The van der Waals surface area contributed by atoms with Crippen molar-refractivity contribution in [3.63, 3.8) is 0 Å². The van der Waals surface area contributed by atoms with Gasteiger partial charge in [0.05, 0.1) is 34.5 Å². The second-order valence-corrected chi connectivity index (χ2v) is 8.61. The number of carbonyl (C=O) groups excluding carboxylic acids is 2. The van der Waals surface area contributed by atoms with Crippen molar-refractivity contribution >= 4 is 29.4 Å². The van der Waals surface area contributed by atoms with Crippen LogP contribution in [0.3, 0.4) is 0 Å². The molecule has 178 valence electrons. The Balaban J connectivity index is 1.92. The second-order valence-electron chi connectivity index (χ2n) is 7.60. The first-order valence-electron chi connectivity index (χ1n) is 10.6. The van der Waals surface area contributed by atoms with E-state index >= 15 is 0 Å². The van der Waals surface area contributed by atoms with Gasteiger partial charge in [0.1, 0.15) is 12.4 Å². The Morgan fingerprint density at radius 3 is 2.54 bits per heavy atom. The molecular weight excluding hydrogens is 471 g/mol. The third-order valence-corrected chi connectivity index (χ3v) is 6.40. The molecule has 3 aromatic rings. The molecule has 0 fully saturated rings. The van der Waals surface area contributed by atoms with Crippen molar-refractivity contribution in [3.05, 3.63) is 115 Å². The van der Waals surface area contributed by atoms with Crippen LogP contribution in [0.1, 0.15) is 34.5 Å². The molecule has 0 spiro atoms. The zero-order valence-electron chi connectivity index (χ0n) is 19.0. The van der Waals surface area contributed by atoms with Crippen LogP contribution < -0.4 is 14.9 Å². The maximum Gasteiger partial charge on any atom is 0.338 e. The summed E-state index contributed by atoms with van der Waals surface area (Å²) in [5, 5.41) is 0. The van der Waals surface area contributed by atoms with E-state index in [0.717, 1.165) is 11.3 Å². The molecule has 1 atom stereocenters. The molecule has 0 radical (unpaired) electrons. The van der Waals surface area contributed by atoms with Crippen LogP contribution in [0.4, 0.5) is 4.39 Å². The minimum Gasteiger partial charge on any atom is -0.465 e. The van der Waals surface area contributed by atoms with Gasteiger partial charge in [-0.3, -0.25) is 9.36 Å². The number of allylic oxidation sites excluding steroid dienone is 1. The largest absolute Gasteiger partial charge is 0.465 e. The second kappa shape index (κ2) is 10.0. The number of esters is 2. The molecule has 2 heterocycles. The van der Waals surface area contributed by atoms with Crippen molar-refractivity contribution < 1.29 is 23.5 Å². The SMILES string of the molecule is C=CCOC(=O)C1=C(C)N=c2sc(=Cc3ccccc3F)c(=O)n2C1c1ccc(C(=O)OC)cc1. The normalized spacial score (nSPS) is 15.3. The number of benzene rings is 2. The Labute approximate surface area is 203 Å². The van der Waals surface area contributed by atoms with Crippen LogP contribution in [0.5, 0.6) is 0 Å². The molecule has 9 heteroatoms. The van der Waals surface area contributed by atoms with E-state index in [2.05, 4.69) is 11.6 Å². The third kappa shape index (κ3) is 4.63. The van der Waals surface area contributed by atoms with Gasteiger partial charge in [-0.05, 0) is 36.8 Å². The van der Waals surface area contributed by atoms with Crippen LogP contribution in [0.2, 0.25) is 0 Å². The number of halogens is 1. The predicted molar refractivity (Wildman–Crippen MR) is 129 cm³/mol. The molecule has 0 saturated heterocycles. The number of nitrogens with zero attached hydrogens (tertiary/aromatic N) is 2. The summed E-state index contributed by atoms with van der Waals surface area (Å²) in [6.07, 6.45) is 2.91. The van der Waals surface area contributed by atoms with E-state index in [9.17, 15) is 18.8 Å². The van der Waals surface area contributed by atoms with Crippen molar-refractivity contribution in [1.29, 1.82) is 0 Å². The van der Waals surface area contributed by atoms with Crippen molar-refractivity contribution in [2.45, 2.75) is 13.0 Å². The molecule has 4 rings (SSSR count). The number of rotatable bonds is 6. The lowest BCUT2D eigenvalue weighted by Crippen LogP contribution is -2.40. The Morgan fingerprint density at radius 2 is 1.89 bits per heavy atom.